The van der Waals surface area contributed by atoms with E-state index in [9.17, 15) is 9.59 Å². The van der Waals surface area contributed by atoms with Gasteiger partial charge in [0.15, 0.2) is 5.78 Å². The number of rotatable bonds is 9. The molecule has 1 aromatic carbocycles. The standard InChI is InChI=1S/C16H24N2O3/c1-18(2)11-7-10-17-14(12-15(19)21-3)16(20)13-8-5-4-6-9-13/h4-6,8-9,14,17H,7,10-12H2,1-3H3. The topological polar surface area (TPSA) is 58.6 Å². The summed E-state index contributed by atoms with van der Waals surface area (Å²) in [5.41, 5.74) is 0.603. The van der Waals surface area contributed by atoms with Crippen molar-refractivity contribution in [3.63, 3.8) is 0 Å². The van der Waals surface area contributed by atoms with Gasteiger partial charge in [-0.3, -0.25) is 9.59 Å². The van der Waals surface area contributed by atoms with Crippen LogP contribution < -0.4 is 5.32 Å². The Kier molecular flexibility index (Phi) is 7.64. The van der Waals surface area contributed by atoms with Crippen molar-refractivity contribution in [3.05, 3.63) is 35.9 Å². The lowest BCUT2D eigenvalue weighted by atomic mass is 10.0. The molecule has 0 radical (unpaired) electrons. The summed E-state index contributed by atoms with van der Waals surface area (Å²) in [6.07, 6.45) is 0.957. The molecule has 1 atom stereocenters. The third-order valence-electron chi connectivity index (χ3n) is 3.15. The molecule has 0 saturated carbocycles. The summed E-state index contributed by atoms with van der Waals surface area (Å²) in [6.45, 7) is 1.61. The maximum absolute atomic E-state index is 12.4. The highest BCUT2D eigenvalue weighted by molar-refractivity contribution is 6.01. The lowest BCUT2D eigenvalue weighted by Gasteiger charge is -2.17. The molecule has 1 aromatic rings. The number of ketones is 1. The molecule has 0 amide bonds. The quantitative estimate of drug-likeness (QED) is 0.423. The fourth-order valence-corrected chi connectivity index (χ4v) is 1.98. The van der Waals surface area contributed by atoms with Crippen molar-refractivity contribution >= 4 is 11.8 Å². The van der Waals surface area contributed by atoms with Crippen LogP contribution >= 0.6 is 0 Å². The molecule has 0 heterocycles. The van der Waals surface area contributed by atoms with E-state index in [1.807, 2.05) is 32.3 Å². The minimum Gasteiger partial charge on any atom is -0.469 e. The van der Waals surface area contributed by atoms with Crippen molar-refractivity contribution in [2.75, 3.05) is 34.3 Å². The Morgan fingerprint density at radius 2 is 1.90 bits per heavy atom. The molecule has 0 aliphatic heterocycles. The molecule has 5 nitrogen and oxygen atoms in total. The van der Waals surface area contributed by atoms with Crippen molar-refractivity contribution in [3.8, 4) is 0 Å². The number of nitrogens with zero attached hydrogens (tertiary/aromatic N) is 1. The van der Waals surface area contributed by atoms with E-state index >= 15 is 0 Å². The molecule has 1 N–H and O–H groups in total. The normalized spacial score (nSPS) is 12.2. The molecule has 1 rings (SSSR count). The molecule has 0 aromatic heterocycles. The Morgan fingerprint density at radius 3 is 2.48 bits per heavy atom. The SMILES string of the molecule is COC(=O)CC(NCCCN(C)C)C(=O)c1ccccc1. The van der Waals surface area contributed by atoms with Crippen molar-refractivity contribution in [1.82, 2.24) is 10.2 Å². The number of methoxy groups -OCH3 is 1. The molecule has 0 aliphatic carbocycles. The van der Waals surface area contributed by atoms with Crippen LogP contribution in [0.1, 0.15) is 23.2 Å². The van der Waals surface area contributed by atoms with Gasteiger partial charge in [-0.05, 0) is 33.6 Å². The second-order valence-electron chi connectivity index (χ2n) is 5.17. The van der Waals surface area contributed by atoms with E-state index in [1.165, 1.54) is 7.11 Å². The summed E-state index contributed by atoms with van der Waals surface area (Å²) >= 11 is 0. The third kappa shape index (κ3) is 6.51. The number of esters is 1. The highest BCUT2D eigenvalue weighted by atomic mass is 16.5. The first-order valence-electron chi connectivity index (χ1n) is 7.08. The van der Waals surface area contributed by atoms with Crippen LogP contribution in [0.4, 0.5) is 0 Å². The first-order chi connectivity index (χ1) is 10.0. The summed E-state index contributed by atoms with van der Waals surface area (Å²) < 4.78 is 4.67. The highest BCUT2D eigenvalue weighted by Gasteiger charge is 2.22. The number of nitrogens with one attached hydrogen (secondary N) is 1. The Hall–Kier alpha value is -1.72. The van der Waals surface area contributed by atoms with Gasteiger partial charge in [0, 0.05) is 5.56 Å². The van der Waals surface area contributed by atoms with Gasteiger partial charge < -0.3 is 15.0 Å². The number of hydrogen-bond acceptors (Lipinski definition) is 5. The van der Waals surface area contributed by atoms with Gasteiger partial charge in [-0.1, -0.05) is 30.3 Å². The van der Waals surface area contributed by atoms with Crippen LogP contribution in [0.15, 0.2) is 30.3 Å². The first-order valence-corrected chi connectivity index (χ1v) is 7.08. The van der Waals surface area contributed by atoms with Crippen LogP contribution in [0.3, 0.4) is 0 Å². The van der Waals surface area contributed by atoms with Gasteiger partial charge in [-0.15, -0.1) is 0 Å². The van der Waals surface area contributed by atoms with E-state index < -0.39 is 6.04 Å². The fraction of sp³-hybridized carbons (Fsp3) is 0.500. The summed E-state index contributed by atoms with van der Waals surface area (Å²) in [5.74, 6) is -0.463. The van der Waals surface area contributed by atoms with Gasteiger partial charge >= 0.3 is 5.97 Å². The largest absolute Gasteiger partial charge is 0.469 e. The second kappa shape index (κ2) is 9.26. The molecule has 21 heavy (non-hydrogen) atoms. The van der Waals surface area contributed by atoms with Gasteiger partial charge in [-0.25, -0.2) is 0 Å². The molecule has 116 valence electrons. The van der Waals surface area contributed by atoms with Crippen LogP contribution in [0, 0.1) is 0 Å². The minimum absolute atomic E-state index is 0.0478. The number of ether oxygens (including phenoxy) is 1. The number of benzene rings is 1. The van der Waals surface area contributed by atoms with Crippen molar-refractivity contribution in [1.29, 1.82) is 0 Å². The van der Waals surface area contributed by atoms with E-state index in [1.54, 1.807) is 12.1 Å². The summed E-state index contributed by atoms with van der Waals surface area (Å²) in [6, 6.07) is 8.46. The smallest absolute Gasteiger partial charge is 0.307 e. The van der Waals surface area contributed by atoms with E-state index in [0.29, 0.717) is 12.1 Å². The molecule has 0 bridgehead atoms. The summed E-state index contributed by atoms with van der Waals surface area (Å²) in [5, 5.41) is 3.16. The van der Waals surface area contributed by atoms with E-state index in [2.05, 4.69) is 15.0 Å². The predicted molar refractivity (Wildman–Crippen MR) is 82.4 cm³/mol. The average Bonchev–Trinajstić information content (AvgIpc) is 2.50. The number of carbonyl (C=O) groups excluding carboxylic acids is 2. The van der Waals surface area contributed by atoms with Crippen LogP contribution in [-0.2, 0) is 9.53 Å². The van der Waals surface area contributed by atoms with Gasteiger partial charge in [0.25, 0.3) is 0 Å². The highest BCUT2D eigenvalue weighted by Crippen LogP contribution is 2.07. The van der Waals surface area contributed by atoms with E-state index in [4.69, 9.17) is 0 Å². The molecular formula is C16H24N2O3. The van der Waals surface area contributed by atoms with E-state index in [0.717, 1.165) is 13.0 Å². The Morgan fingerprint density at radius 1 is 1.24 bits per heavy atom. The Labute approximate surface area is 126 Å². The second-order valence-corrected chi connectivity index (χ2v) is 5.17. The van der Waals surface area contributed by atoms with Gasteiger partial charge in [0.2, 0.25) is 0 Å². The van der Waals surface area contributed by atoms with Crippen LogP contribution in [-0.4, -0.2) is 57.0 Å². The molecule has 1 unspecified atom stereocenters. The lowest BCUT2D eigenvalue weighted by molar-refractivity contribution is -0.140. The number of carbonyl (C=O) groups is 2. The van der Waals surface area contributed by atoms with Gasteiger partial charge in [-0.2, -0.15) is 0 Å². The Balaban J connectivity index is 2.63. The van der Waals surface area contributed by atoms with Gasteiger partial charge in [0.1, 0.15) is 0 Å². The van der Waals surface area contributed by atoms with Crippen LogP contribution in [0.25, 0.3) is 0 Å². The summed E-state index contributed by atoms with van der Waals surface area (Å²) in [7, 11) is 5.33. The number of Topliss-reactive ketones (excluding diaryl/α,β-unsaturated/α-hetero) is 1. The minimum atomic E-state index is -0.540. The monoisotopic (exact) mass is 292 g/mol. The van der Waals surface area contributed by atoms with E-state index in [-0.39, 0.29) is 18.2 Å². The van der Waals surface area contributed by atoms with Crippen LogP contribution in [0.5, 0.6) is 0 Å². The molecular weight excluding hydrogens is 268 g/mol. The average molecular weight is 292 g/mol. The maximum Gasteiger partial charge on any atom is 0.307 e. The zero-order valence-electron chi connectivity index (χ0n) is 13.0. The molecule has 5 heteroatoms. The molecule has 0 saturated heterocycles. The van der Waals surface area contributed by atoms with Crippen molar-refractivity contribution in [2.45, 2.75) is 18.9 Å². The van der Waals surface area contributed by atoms with Crippen molar-refractivity contribution in [2.24, 2.45) is 0 Å². The zero-order valence-corrected chi connectivity index (χ0v) is 13.0. The Bertz CT molecular complexity index is 446. The first kappa shape index (κ1) is 17.3. The predicted octanol–water partition coefficient (Wildman–Crippen LogP) is 1.34. The zero-order chi connectivity index (χ0) is 15.7. The van der Waals surface area contributed by atoms with Crippen LogP contribution in [0.2, 0.25) is 0 Å². The van der Waals surface area contributed by atoms with Gasteiger partial charge in [0.05, 0.1) is 19.6 Å². The van der Waals surface area contributed by atoms with Crippen molar-refractivity contribution < 1.29 is 14.3 Å². The third-order valence-corrected chi connectivity index (χ3v) is 3.15. The number of hydrogen-bond donors (Lipinski definition) is 1. The molecule has 0 fully saturated rings. The maximum atomic E-state index is 12.4. The lowest BCUT2D eigenvalue weighted by Crippen LogP contribution is -2.40. The summed E-state index contributed by atoms with van der Waals surface area (Å²) in [4.78, 5) is 26.0. The molecule has 0 aliphatic rings. The molecule has 0 spiro atoms. The fourth-order valence-electron chi connectivity index (χ4n) is 1.98.